The molecule has 0 radical (unpaired) electrons. The Labute approximate surface area is 139 Å². The van der Waals surface area contributed by atoms with Crippen LogP contribution in [-0.2, 0) is 9.53 Å². The molecule has 23 heavy (non-hydrogen) atoms. The number of carbonyl (C=O) groups is 1. The van der Waals surface area contributed by atoms with Crippen LogP contribution in [-0.4, -0.2) is 61.1 Å². The molecule has 0 spiro atoms. The van der Waals surface area contributed by atoms with Crippen molar-refractivity contribution in [3.63, 3.8) is 0 Å². The van der Waals surface area contributed by atoms with Gasteiger partial charge in [-0.15, -0.1) is 0 Å². The standard InChI is InChI=1S/C18H29N3O2/c1-2-15-12-21(13-16(15)20-8-10-23-11-9-20)17(22)18(14-19)6-4-3-5-7-18/h15-16H,2-13H2,1H3. The zero-order valence-electron chi connectivity index (χ0n) is 14.3. The molecule has 5 nitrogen and oxygen atoms in total. The Bertz CT molecular complexity index is 461. The molecule has 2 heterocycles. The van der Waals surface area contributed by atoms with Crippen molar-refractivity contribution in [3.05, 3.63) is 0 Å². The van der Waals surface area contributed by atoms with E-state index in [0.29, 0.717) is 12.0 Å². The van der Waals surface area contributed by atoms with E-state index in [4.69, 9.17) is 4.74 Å². The Morgan fingerprint density at radius 3 is 2.52 bits per heavy atom. The third kappa shape index (κ3) is 3.25. The molecule has 2 atom stereocenters. The first-order chi connectivity index (χ1) is 11.2. The quantitative estimate of drug-likeness (QED) is 0.799. The van der Waals surface area contributed by atoms with Crippen LogP contribution in [0.2, 0.25) is 0 Å². The van der Waals surface area contributed by atoms with E-state index in [2.05, 4.69) is 17.9 Å². The maximum Gasteiger partial charge on any atom is 0.243 e. The number of amides is 1. The van der Waals surface area contributed by atoms with Gasteiger partial charge in [0.15, 0.2) is 0 Å². The number of ether oxygens (including phenoxy) is 1. The number of rotatable bonds is 3. The average molecular weight is 319 g/mol. The Hall–Kier alpha value is -1.12. The van der Waals surface area contributed by atoms with Crippen molar-refractivity contribution in [1.29, 1.82) is 5.26 Å². The summed E-state index contributed by atoms with van der Waals surface area (Å²) >= 11 is 0. The summed E-state index contributed by atoms with van der Waals surface area (Å²) in [4.78, 5) is 17.6. The molecule has 2 saturated heterocycles. The van der Waals surface area contributed by atoms with Crippen molar-refractivity contribution >= 4 is 5.91 Å². The van der Waals surface area contributed by atoms with Crippen LogP contribution in [0, 0.1) is 22.7 Å². The topological polar surface area (TPSA) is 56.6 Å². The van der Waals surface area contributed by atoms with Gasteiger partial charge in [-0.25, -0.2) is 0 Å². The Morgan fingerprint density at radius 2 is 1.91 bits per heavy atom. The number of carbonyl (C=O) groups excluding carboxylic acids is 1. The fraction of sp³-hybridized carbons (Fsp3) is 0.889. The van der Waals surface area contributed by atoms with E-state index in [1.165, 1.54) is 0 Å². The second-order valence-corrected chi connectivity index (χ2v) is 7.35. The van der Waals surface area contributed by atoms with E-state index in [1.807, 2.05) is 4.90 Å². The van der Waals surface area contributed by atoms with Crippen molar-refractivity contribution in [1.82, 2.24) is 9.80 Å². The highest BCUT2D eigenvalue weighted by Gasteiger charge is 2.46. The molecule has 0 bridgehead atoms. The predicted octanol–water partition coefficient (Wildman–Crippen LogP) is 2.03. The molecule has 2 unspecified atom stereocenters. The van der Waals surface area contributed by atoms with Crippen LogP contribution in [0.25, 0.3) is 0 Å². The van der Waals surface area contributed by atoms with Crippen molar-refractivity contribution in [3.8, 4) is 6.07 Å². The molecule has 0 aromatic heterocycles. The van der Waals surface area contributed by atoms with Gasteiger partial charge >= 0.3 is 0 Å². The SMILES string of the molecule is CCC1CN(C(=O)C2(C#N)CCCCC2)CC1N1CCOCC1. The normalized spacial score (nSPS) is 31.7. The summed E-state index contributed by atoms with van der Waals surface area (Å²) in [5.74, 6) is 0.630. The van der Waals surface area contributed by atoms with Crippen LogP contribution in [0.1, 0.15) is 45.4 Å². The fourth-order valence-corrected chi connectivity index (χ4v) is 4.58. The average Bonchev–Trinajstić information content (AvgIpc) is 3.06. The van der Waals surface area contributed by atoms with Crippen LogP contribution >= 0.6 is 0 Å². The zero-order valence-corrected chi connectivity index (χ0v) is 14.3. The molecule has 128 valence electrons. The number of morpholine rings is 1. The molecular weight excluding hydrogens is 290 g/mol. The van der Waals surface area contributed by atoms with E-state index in [0.717, 1.165) is 77.9 Å². The van der Waals surface area contributed by atoms with Crippen molar-refractivity contribution in [2.24, 2.45) is 11.3 Å². The third-order valence-corrected chi connectivity index (χ3v) is 6.06. The molecule has 2 aliphatic heterocycles. The first-order valence-electron chi connectivity index (χ1n) is 9.22. The number of nitriles is 1. The van der Waals surface area contributed by atoms with E-state index < -0.39 is 5.41 Å². The highest BCUT2D eigenvalue weighted by Crippen LogP contribution is 2.39. The molecule has 1 amide bonds. The minimum atomic E-state index is -0.740. The summed E-state index contributed by atoms with van der Waals surface area (Å²) in [7, 11) is 0. The first-order valence-corrected chi connectivity index (χ1v) is 9.22. The highest BCUT2D eigenvalue weighted by molar-refractivity contribution is 5.86. The molecule has 1 aliphatic carbocycles. The smallest absolute Gasteiger partial charge is 0.243 e. The molecule has 0 aromatic rings. The van der Waals surface area contributed by atoms with E-state index in [1.54, 1.807) is 0 Å². The number of hydrogen-bond donors (Lipinski definition) is 0. The van der Waals surface area contributed by atoms with Gasteiger partial charge in [0.05, 0.1) is 19.3 Å². The molecule has 3 rings (SSSR count). The van der Waals surface area contributed by atoms with Crippen LogP contribution < -0.4 is 0 Å². The lowest BCUT2D eigenvalue weighted by Gasteiger charge is -2.35. The van der Waals surface area contributed by atoms with Crippen molar-refractivity contribution in [2.75, 3.05) is 39.4 Å². The zero-order chi connectivity index (χ0) is 16.3. The highest BCUT2D eigenvalue weighted by atomic mass is 16.5. The molecule has 0 N–H and O–H groups in total. The van der Waals surface area contributed by atoms with Gasteiger partial charge in [0.2, 0.25) is 5.91 Å². The van der Waals surface area contributed by atoms with Gasteiger partial charge in [0.25, 0.3) is 0 Å². The van der Waals surface area contributed by atoms with Crippen LogP contribution in [0.3, 0.4) is 0 Å². The maximum atomic E-state index is 13.1. The van der Waals surface area contributed by atoms with Gasteiger partial charge in [-0.2, -0.15) is 5.26 Å². The molecule has 3 aliphatic rings. The minimum absolute atomic E-state index is 0.105. The number of hydrogen-bond acceptors (Lipinski definition) is 4. The minimum Gasteiger partial charge on any atom is -0.379 e. The first kappa shape index (κ1) is 16.7. The summed E-state index contributed by atoms with van der Waals surface area (Å²) < 4.78 is 5.47. The third-order valence-electron chi connectivity index (χ3n) is 6.06. The van der Waals surface area contributed by atoms with Crippen LogP contribution in [0.15, 0.2) is 0 Å². The van der Waals surface area contributed by atoms with Crippen molar-refractivity contribution in [2.45, 2.75) is 51.5 Å². The molecule has 3 fully saturated rings. The van der Waals surface area contributed by atoms with E-state index in [-0.39, 0.29) is 5.91 Å². The summed E-state index contributed by atoms with van der Waals surface area (Å²) in [6.07, 6.45) is 5.76. The van der Waals surface area contributed by atoms with Gasteiger partial charge in [-0.3, -0.25) is 9.69 Å². The van der Waals surface area contributed by atoms with E-state index in [9.17, 15) is 10.1 Å². The van der Waals surface area contributed by atoms with Crippen LogP contribution in [0.5, 0.6) is 0 Å². The lowest BCUT2D eigenvalue weighted by molar-refractivity contribution is -0.139. The van der Waals surface area contributed by atoms with E-state index >= 15 is 0 Å². The van der Waals surface area contributed by atoms with Gasteiger partial charge in [-0.05, 0) is 18.8 Å². The van der Waals surface area contributed by atoms with Gasteiger partial charge in [0, 0.05) is 32.2 Å². The summed E-state index contributed by atoms with van der Waals surface area (Å²) in [6.45, 7) is 7.35. The largest absolute Gasteiger partial charge is 0.379 e. The second-order valence-electron chi connectivity index (χ2n) is 7.35. The predicted molar refractivity (Wildman–Crippen MR) is 87.7 cm³/mol. The molecule has 1 saturated carbocycles. The molecule has 5 heteroatoms. The Balaban J connectivity index is 1.70. The second kappa shape index (κ2) is 7.19. The van der Waals surface area contributed by atoms with Crippen molar-refractivity contribution < 1.29 is 9.53 Å². The Morgan fingerprint density at radius 1 is 1.22 bits per heavy atom. The summed E-state index contributed by atoms with van der Waals surface area (Å²) in [5.41, 5.74) is -0.740. The summed E-state index contributed by atoms with van der Waals surface area (Å²) in [5, 5.41) is 9.69. The van der Waals surface area contributed by atoms with Gasteiger partial charge < -0.3 is 9.64 Å². The van der Waals surface area contributed by atoms with Crippen LogP contribution in [0.4, 0.5) is 0 Å². The summed E-state index contributed by atoms with van der Waals surface area (Å²) in [6, 6.07) is 2.83. The number of nitrogens with zero attached hydrogens (tertiary/aromatic N) is 3. The Kier molecular flexibility index (Phi) is 5.23. The fourth-order valence-electron chi connectivity index (χ4n) is 4.58. The van der Waals surface area contributed by atoms with Gasteiger partial charge in [0.1, 0.15) is 5.41 Å². The molecule has 0 aromatic carbocycles. The molecular formula is C18H29N3O2. The lowest BCUT2D eigenvalue weighted by Crippen LogP contribution is -2.48. The monoisotopic (exact) mass is 319 g/mol. The lowest BCUT2D eigenvalue weighted by atomic mass is 9.74. The number of likely N-dealkylation sites (tertiary alicyclic amines) is 1. The maximum absolute atomic E-state index is 13.1. The van der Waals surface area contributed by atoms with Gasteiger partial charge in [-0.1, -0.05) is 32.6 Å².